The van der Waals surface area contributed by atoms with E-state index in [4.69, 9.17) is 14.2 Å². The van der Waals surface area contributed by atoms with Crippen molar-refractivity contribution < 1.29 is 23.8 Å². The molecule has 1 aliphatic rings. The number of carbonyl (C=O) groups excluding carboxylic acids is 2. The highest BCUT2D eigenvalue weighted by atomic mass is 79.9. The van der Waals surface area contributed by atoms with Gasteiger partial charge in [0.05, 0.1) is 17.2 Å². The van der Waals surface area contributed by atoms with E-state index in [2.05, 4.69) is 15.9 Å². The van der Waals surface area contributed by atoms with Crippen LogP contribution in [0.25, 0.3) is 0 Å². The molecule has 1 heterocycles. The molecule has 1 fully saturated rings. The molecule has 0 bridgehead atoms. The predicted octanol–water partition coefficient (Wildman–Crippen LogP) is 4.00. The van der Waals surface area contributed by atoms with Gasteiger partial charge in [-0.25, -0.2) is 9.59 Å². The van der Waals surface area contributed by atoms with E-state index >= 15 is 0 Å². The number of benzene rings is 2. The van der Waals surface area contributed by atoms with Crippen LogP contribution in [-0.4, -0.2) is 31.3 Å². The Kier molecular flexibility index (Phi) is 5.83. The zero-order valence-corrected chi connectivity index (χ0v) is 15.0. The van der Waals surface area contributed by atoms with Crippen molar-refractivity contribution in [1.29, 1.82) is 0 Å². The molecule has 6 heteroatoms. The van der Waals surface area contributed by atoms with Gasteiger partial charge in [-0.3, -0.25) is 0 Å². The average Bonchev–Trinajstić information content (AvgIpc) is 3.14. The summed E-state index contributed by atoms with van der Waals surface area (Å²) < 4.78 is 16.6. The fourth-order valence-corrected chi connectivity index (χ4v) is 2.92. The van der Waals surface area contributed by atoms with E-state index in [1.807, 2.05) is 6.07 Å². The Morgan fingerprint density at radius 3 is 2.52 bits per heavy atom. The first-order valence-electron chi connectivity index (χ1n) is 7.99. The minimum absolute atomic E-state index is 0.00602. The van der Waals surface area contributed by atoms with Crippen molar-refractivity contribution in [2.45, 2.75) is 18.9 Å². The molecule has 1 atom stereocenters. The van der Waals surface area contributed by atoms with Crippen LogP contribution in [0.3, 0.4) is 0 Å². The summed E-state index contributed by atoms with van der Waals surface area (Å²) >= 11 is 3.31. The highest BCUT2D eigenvalue weighted by molar-refractivity contribution is 9.10. The van der Waals surface area contributed by atoms with Gasteiger partial charge in [0, 0.05) is 11.1 Å². The predicted molar refractivity (Wildman–Crippen MR) is 94.8 cm³/mol. The molecule has 0 aromatic heterocycles. The van der Waals surface area contributed by atoms with E-state index in [1.165, 1.54) is 0 Å². The number of ether oxygens (including phenoxy) is 3. The molecular weight excluding hydrogens is 388 g/mol. The Labute approximate surface area is 154 Å². The van der Waals surface area contributed by atoms with Crippen molar-refractivity contribution in [3.05, 3.63) is 64.1 Å². The average molecular weight is 405 g/mol. The Morgan fingerprint density at radius 1 is 1.08 bits per heavy atom. The van der Waals surface area contributed by atoms with Gasteiger partial charge in [0.15, 0.2) is 0 Å². The lowest BCUT2D eigenvalue weighted by Crippen LogP contribution is -2.17. The summed E-state index contributed by atoms with van der Waals surface area (Å²) in [6.07, 6.45) is 1.91. The number of hydrogen-bond donors (Lipinski definition) is 0. The smallest absolute Gasteiger partial charge is 0.344 e. The number of esters is 2. The fourth-order valence-electron chi connectivity index (χ4n) is 2.48. The maximum absolute atomic E-state index is 12.1. The Balaban J connectivity index is 1.57. The van der Waals surface area contributed by atoms with Crippen molar-refractivity contribution in [3.63, 3.8) is 0 Å². The van der Waals surface area contributed by atoms with Gasteiger partial charge < -0.3 is 14.2 Å². The van der Waals surface area contributed by atoms with Gasteiger partial charge >= 0.3 is 11.9 Å². The molecule has 1 unspecified atom stereocenters. The molecule has 5 nitrogen and oxygen atoms in total. The monoisotopic (exact) mass is 404 g/mol. The third kappa shape index (κ3) is 4.67. The largest absolute Gasteiger partial charge is 0.459 e. The third-order valence-electron chi connectivity index (χ3n) is 3.82. The normalized spacial score (nSPS) is 16.4. The van der Waals surface area contributed by atoms with Crippen molar-refractivity contribution in [2.75, 3.05) is 13.2 Å². The summed E-state index contributed by atoms with van der Waals surface area (Å²) in [5, 5.41) is 0. The first kappa shape index (κ1) is 17.6. The molecule has 130 valence electrons. The maximum Gasteiger partial charge on any atom is 0.344 e. The number of halogens is 1. The lowest BCUT2D eigenvalue weighted by Gasteiger charge is -2.10. The molecule has 25 heavy (non-hydrogen) atoms. The SMILES string of the molecule is O=C(OCC1CCCO1)c1ccc(OC(=O)c2ccccc2Br)cc1. The van der Waals surface area contributed by atoms with Gasteiger partial charge in [0.25, 0.3) is 0 Å². The molecule has 1 saturated heterocycles. The van der Waals surface area contributed by atoms with E-state index in [9.17, 15) is 9.59 Å². The molecule has 1 aliphatic heterocycles. The summed E-state index contributed by atoms with van der Waals surface area (Å²) in [5.41, 5.74) is 0.834. The summed E-state index contributed by atoms with van der Waals surface area (Å²) in [4.78, 5) is 24.2. The van der Waals surface area contributed by atoms with Crippen LogP contribution in [0.4, 0.5) is 0 Å². The summed E-state index contributed by atoms with van der Waals surface area (Å²) in [7, 11) is 0. The van der Waals surface area contributed by atoms with E-state index in [-0.39, 0.29) is 12.7 Å². The van der Waals surface area contributed by atoms with E-state index in [0.29, 0.717) is 21.3 Å². The molecule has 2 aromatic rings. The minimum Gasteiger partial charge on any atom is -0.459 e. The fraction of sp³-hybridized carbons (Fsp3) is 0.263. The highest BCUT2D eigenvalue weighted by Gasteiger charge is 2.18. The molecule has 2 aromatic carbocycles. The maximum atomic E-state index is 12.1. The van der Waals surface area contributed by atoms with Crippen LogP contribution in [0.15, 0.2) is 53.0 Å². The van der Waals surface area contributed by atoms with Crippen LogP contribution in [0.1, 0.15) is 33.6 Å². The second-order valence-corrected chi connectivity index (χ2v) is 6.48. The Hall–Kier alpha value is -2.18. The van der Waals surface area contributed by atoms with Gasteiger partial charge in [-0.2, -0.15) is 0 Å². The van der Waals surface area contributed by atoms with Crippen molar-refractivity contribution in [1.82, 2.24) is 0 Å². The van der Waals surface area contributed by atoms with Crippen molar-refractivity contribution in [3.8, 4) is 5.75 Å². The number of rotatable bonds is 5. The second-order valence-electron chi connectivity index (χ2n) is 5.63. The second kappa shape index (κ2) is 8.27. The molecule has 0 saturated carbocycles. The molecule has 0 radical (unpaired) electrons. The standard InChI is InChI=1S/C19H17BrO5/c20-17-6-2-1-5-16(17)19(22)25-14-9-7-13(8-10-14)18(21)24-12-15-4-3-11-23-15/h1-2,5-10,15H,3-4,11-12H2. The first-order chi connectivity index (χ1) is 12.1. The molecule has 0 aliphatic carbocycles. The zero-order chi connectivity index (χ0) is 17.6. The van der Waals surface area contributed by atoms with E-state index < -0.39 is 11.9 Å². The molecule has 0 amide bonds. The van der Waals surface area contributed by atoms with Gasteiger partial charge in [-0.1, -0.05) is 12.1 Å². The zero-order valence-electron chi connectivity index (χ0n) is 13.4. The van der Waals surface area contributed by atoms with Crippen molar-refractivity contribution >= 4 is 27.9 Å². The Morgan fingerprint density at radius 2 is 1.84 bits per heavy atom. The van der Waals surface area contributed by atoms with Crippen LogP contribution in [0, 0.1) is 0 Å². The summed E-state index contributed by atoms with van der Waals surface area (Å²) in [6, 6.07) is 13.3. The molecule has 0 N–H and O–H groups in total. The number of hydrogen-bond acceptors (Lipinski definition) is 5. The summed E-state index contributed by atoms with van der Waals surface area (Å²) in [6.45, 7) is 0.984. The highest BCUT2D eigenvalue weighted by Crippen LogP contribution is 2.20. The topological polar surface area (TPSA) is 61.8 Å². The van der Waals surface area contributed by atoms with Crippen LogP contribution < -0.4 is 4.74 Å². The van der Waals surface area contributed by atoms with E-state index in [0.717, 1.165) is 19.4 Å². The number of carbonyl (C=O) groups is 2. The molecule has 3 rings (SSSR count). The molecular formula is C19H17BrO5. The minimum atomic E-state index is -0.471. The lowest BCUT2D eigenvalue weighted by molar-refractivity contribution is 0.0161. The first-order valence-corrected chi connectivity index (χ1v) is 8.78. The van der Waals surface area contributed by atoms with Crippen LogP contribution in [0.2, 0.25) is 0 Å². The van der Waals surface area contributed by atoms with Gasteiger partial charge in [0.1, 0.15) is 12.4 Å². The van der Waals surface area contributed by atoms with Gasteiger partial charge in [0.2, 0.25) is 0 Å². The lowest BCUT2D eigenvalue weighted by atomic mass is 10.2. The van der Waals surface area contributed by atoms with E-state index in [1.54, 1.807) is 42.5 Å². The van der Waals surface area contributed by atoms with Crippen LogP contribution >= 0.6 is 15.9 Å². The molecule has 0 spiro atoms. The van der Waals surface area contributed by atoms with Gasteiger partial charge in [-0.15, -0.1) is 0 Å². The van der Waals surface area contributed by atoms with Crippen molar-refractivity contribution in [2.24, 2.45) is 0 Å². The summed E-state index contributed by atoms with van der Waals surface area (Å²) in [5.74, 6) is -0.531. The third-order valence-corrected chi connectivity index (χ3v) is 4.51. The van der Waals surface area contributed by atoms with Crippen LogP contribution in [0.5, 0.6) is 5.75 Å². The Bertz CT molecular complexity index is 751. The van der Waals surface area contributed by atoms with Crippen LogP contribution in [-0.2, 0) is 9.47 Å². The quantitative estimate of drug-likeness (QED) is 0.556. The van der Waals surface area contributed by atoms with Gasteiger partial charge in [-0.05, 0) is 65.2 Å².